The average Bonchev–Trinajstić information content (AvgIpc) is 2.75. The van der Waals surface area contributed by atoms with Crippen LogP contribution in [-0.2, 0) is 6.54 Å². The molecule has 0 aliphatic heterocycles. The maximum absolute atomic E-state index is 5.91. The molecule has 0 aromatic carbocycles. The van der Waals surface area contributed by atoms with Crippen molar-refractivity contribution in [2.24, 2.45) is 5.73 Å². The summed E-state index contributed by atoms with van der Waals surface area (Å²) in [4.78, 5) is 6.71. The summed E-state index contributed by atoms with van der Waals surface area (Å²) in [6.45, 7) is 12.4. The highest BCUT2D eigenvalue weighted by Gasteiger charge is 2.26. The van der Waals surface area contributed by atoms with Crippen molar-refractivity contribution in [2.75, 3.05) is 19.6 Å². The van der Waals surface area contributed by atoms with Crippen LogP contribution in [0, 0.1) is 6.92 Å². The Bertz CT molecular complexity index is 328. The second-order valence-corrected chi connectivity index (χ2v) is 4.80. The van der Waals surface area contributed by atoms with E-state index in [1.807, 2.05) is 19.3 Å². The normalized spacial score (nSPS) is 15.2. The first kappa shape index (κ1) is 14.2. The van der Waals surface area contributed by atoms with E-state index in [2.05, 4.69) is 35.2 Å². The highest BCUT2D eigenvalue weighted by atomic mass is 15.2. The van der Waals surface area contributed by atoms with Gasteiger partial charge in [-0.15, -0.1) is 0 Å². The predicted octanol–water partition coefficient (Wildman–Crippen LogP) is 1.64. The summed E-state index contributed by atoms with van der Waals surface area (Å²) >= 11 is 0. The summed E-state index contributed by atoms with van der Waals surface area (Å²) in [5.41, 5.74) is 6.03. The van der Waals surface area contributed by atoms with Crippen molar-refractivity contribution in [1.82, 2.24) is 14.5 Å². The van der Waals surface area contributed by atoms with Crippen LogP contribution in [0.4, 0.5) is 0 Å². The monoisotopic (exact) mass is 238 g/mol. The van der Waals surface area contributed by atoms with E-state index in [0.717, 1.165) is 31.9 Å². The van der Waals surface area contributed by atoms with E-state index in [1.54, 1.807) is 0 Å². The molecule has 2 N–H and O–H groups in total. The third-order valence-electron chi connectivity index (χ3n) is 3.88. The van der Waals surface area contributed by atoms with Gasteiger partial charge >= 0.3 is 0 Å². The summed E-state index contributed by atoms with van der Waals surface area (Å²) in [5, 5.41) is 0. The van der Waals surface area contributed by atoms with Crippen molar-refractivity contribution in [1.29, 1.82) is 0 Å². The lowest BCUT2D eigenvalue weighted by Gasteiger charge is -2.39. The van der Waals surface area contributed by atoms with Crippen molar-refractivity contribution >= 4 is 0 Å². The Morgan fingerprint density at radius 1 is 1.47 bits per heavy atom. The fraction of sp³-hybridized carbons (Fsp3) is 0.769. The minimum absolute atomic E-state index is 0.114. The first-order chi connectivity index (χ1) is 8.07. The van der Waals surface area contributed by atoms with Crippen LogP contribution in [-0.4, -0.2) is 39.6 Å². The molecule has 0 fully saturated rings. The maximum atomic E-state index is 5.91. The first-order valence-electron chi connectivity index (χ1n) is 6.50. The number of hydrogen-bond donors (Lipinski definition) is 1. The van der Waals surface area contributed by atoms with Crippen LogP contribution >= 0.6 is 0 Å². The topological polar surface area (TPSA) is 47.1 Å². The molecule has 0 amide bonds. The molecule has 1 aromatic rings. The predicted molar refractivity (Wildman–Crippen MR) is 72.0 cm³/mol. The summed E-state index contributed by atoms with van der Waals surface area (Å²) < 4.78 is 2.19. The smallest absolute Gasteiger partial charge is 0.105 e. The minimum atomic E-state index is 0.114. The standard InChI is InChI=1S/C13H26N4/c1-5-13(4,11-14)17(6-2)10-9-16-8-7-15-12(16)3/h7-8H,5-6,9-11,14H2,1-4H3. The maximum Gasteiger partial charge on any atom is 0.105 e. The molecule has 0 aliphatic carbocycles. The Labute approximate surface area is 105 Å². The number of nitrogens with two attached hydrogens (primary N) is 1. The number of hydrogen-bond acceptors (Lipinski definition) is 3. The van der Waals surface area contributed by atoms with Gasteiger partial charge in [0.05, 0.1) is 0 Å². The van der Waals surface area contributed by atoms with Gasteiger partial charge in [0.1, 0.15) is 5.82 Å². The summed E-state index contributed by atoms with van der Waals surface area (Å²) in [7, 11) is 0. The van der Waals surface area contributed by atoms with E-state index < -0.39 is 0 Å². The van der Waals surface area contributed by atoms with Gasteiger partial charge in [-0.2, -0.15) is 0 Å². The van der Waals surface area contributed by atoms with Gasteiger partial charge in [-0.3, -0.25) is 4.90 Å². The second kappa shape index (κ2) is 6.17. The molecule has 0 spiro atoms. The van der Waals surface area contributed by atoms with Gasteiger partial charge in [0, 0.05) is 37.6 Å². The SMILES string of the molecule is CCN(CCn1ccnc1C)C(C)(CC)CN. The van der Waals surface area contributed by atoms with Crippen molar-refractivity contribution in [3.63, 3.8) is 0 Å². The number of likely N-dealkylation sites (N-methyl/N-ethyl adjacent to an activating group) is 1. The highest BCUT2D eigenvalue weighted by molar-refractivity contribution is 4.90. The van der Waals surface area contributed by atoms with Crippen LogP contribution in [0.2, 0.25) is 0 Å². The fourth-order valence-corrected chi connectivity index (χ4v) is 2.18. The number of imidazole rings is 1. The van der Waals surface area contributed by atoms with Crippen LogP contribution < -0.4 is 5.73 Å². The van der Waals surface area contributed by atoms with E-state index in [-0.39, 0.29) is 5.54 Å². The summed E-state index contributed by atoms with van der Waals surface area (Å²) in [6.07, 6.45) is 4.97. The fourth-order valence-electron chi connectivity index (χ4n) is 2.18. The van der Waals surface area contributed by atoms with Crippen LogP contribution in [0.25, 0.3) is 0 Å². The second-order valence-electron chi connectivity index (χ2n) is 4.80. The van der Waals surface area contributed by atoms with Gasteiger partial charge < -0.3 is 10.3 Å². The van der Waals surface area contributed by atoms with E-state index in [1.165, 1.54) is 0 Å². The zero-order chi connectivity index (χ0) is 12.9. The van der Waals surface area contributed by atoms with Gasteiger partial charge in [-0.05, 0) is 26.8 Å². The summed E-state index contributed by atoms with van der Waals surface area (Å²) in [6, 6.07) is 0. The van der Waals surface area contributed by atoms with Crippen molar-refractivity contribution < 1.29 is 0 Å². The highest BCUT2D eigenvalue weighted by Crippen LogP contribution is 2.17. The van der Waals surface area contributed by atoms with Crippen LogP contribution in [0.15, 0.2) is 12.4 Å². The summed E-state index contributed by atoms with van der Waals surface area (Å²) in [5.74, 6) is 1.08. The molecule has 1 rings (SSSR count). The van der Waals surface area contributed by atoms with E-state index >= 15 is 0 Å². The lowest BCUT2D eigenvalue weighted by Crippen LogP contribution is -2.52. The van der Waals surface area contributed by atoms with Crippen molar-refractivity contribution in [2.45, 2.75) is 46.2 Å². The molecule has 0 saturated carbocycles. The Balaban J connectivity index is 2.62. The molecule has 98 valence electrons. The molecule has 17 heavy (non-hydrogen) atoms. The Morgan fingerprint density at radius 3 is 2.59 bits per heavy atom. The molecule has 0 aliphatic rings. The minimum Gasteiger partial charge on any atom is -0.334 e. The zero-order valence-corrected chi connectivity index (χ0v) is 11.6. The number of aryl methyl sites for hydroxylation is 1. The Hall–Kier alpha value is -0.870. The lowest BCUT2D eigenvalue weighted by atomic mass is 9.96. The van der Waals surface area contributed by atoms with Gasteiger partial charge in [0.15, 0.2) is 0 Å². The largest absolute Gasteiger partial charge is 0.334 e. The van der Waals surface area contributed by atoms with Gasteiger partial charge in [-0.25, -0.2) is 4.98 Å². The zero-order valence-electron chi connectivity index (χ0n) is 11.6. The van der Waals surface area contributed by atoms with Crippen LogP contribution in [0.3, 0.4) is 0 Å². The van der Waals surface area contributed by atoms with E-state index in [4.69, 9.17) is 5.73 Å². The van der Waals surface area contributed by atoms with Crippen LogP contribution in [0.5, 0.6) is 0 Å². The number of rotatable bonds is 7. The molecule has 0 radical (unpaired) electrons. The molecule has 1 heterocycles. The molecule has 4 nitrogen and oxygen atoms in total. The molecular weight excluding hydrogens is 212 g/mol. The Morgan fingerprint density at radius 2 is 2.18 bits per heavy atom. The van der Waals surface area contributed by atoms with Gasteiger partial charge in [-0.1, -0.05) is 13.8 Å². The van der Waals surface area contributed by atoms with Crippen LogP contribution in [0.1, 0.15) is 33.0 Å². The number of nitrogens with zero attached hydrogens (tertiary/aromatic N) is 3. The Kier molecular flexibility index (Phi) is 5.15. The van der Waals surface area contributed by atoms with Crippen molar-refractivity contribution in [3.05, 3.63) is 18.2 Å². The molecule has 1 aromatic heterocycles. The van der Waals surface area contributed by atoms with Crippen molar-refractivity contribution in [3.8, 4) is 0 Å². The average molecular weight is 238 g/mol. The quantitative estimate of drug-likeness (QED) is 0.785. The number of aromatic nitrogens is 2. The van der Waals surface area contributed by atoms with Gasteiger partial charge in [0.25, 0.3) is 0 Å². The molecule has 1 unspecified atom stereocenters. The third kappa shape index (κ3) is 3.30. The first-order valence-corrected chi connectivity index (χ1v) is 6.50. The lowest BCUT2D eigenvalue weighted by molar-refractivity contribution is 0.108. The third-order valence-corrected chi connectivity index (χ3v) is 3.88. The van der Waals surface area contributed by atoms with E-state index in [0.29, 0.717) is 6.54 Å². The molecule has 4 heteroatoms. The molecular formula is C13H26N4. The van der Waals surface area contributed by atoms with Gasteiger partial charge in [0.2, 0.25) is 0 Å². The molecule has 0 bridgehead atoms. The van der Waals surface area contributed by atoms with E-state index in [9.17, 15) is 0 Å². The molecule has 0 saturated heterocycles. The molecule has 1 atom stereocenters.